The van der Waals surface area contributed by atoms with E-state index >= 15 is 0 Å². The molecule has 1 aromatic rings. The number of nitrogens with one attached hydrogen (secondary N) is 1. The summed E-state index contributed by atoms with van der Waals surface area (Å²) in [5.74, 6) is 0.930. The van der Waals surface area contributed by atoms with E-state index in [-0.39, 0.29) is 0 Å². The molecule has 2 rings (SSSR count). The lowest BCUT2D eigenvalue weighted by molar-refractivity contribution is 0.639. The van der Waals surface area contributed by atoms with E-state index in [4.69, 9.17) is 11.6 Å². The second-order valence-electron chi connectivity index (χ2n) is 4.17. The topological polar surface area (TPSA) is 12.0 Å². The predicted molar refractivity (Wildman–Crippen MR) is 60.6 cm³/mol. The summed E-state index contributed by atoms with van der Waals surface area (Å²) in [6, 6.07) is 6.24. The fourth-order valence-electron chi connectivity index (χ4n) is 1.53. The summed E-state index contributed by atoms with van der Waals surface area (Å²) in [6.45, 7) is 4.10. The van der Waals surface area contributed by atoms with E-state index < -0.39 is 0 Å². The Kier molecular flexibility index (Phi) is 3.09. The molecule has 1 fully saturated rings. The number of benzene rings is 1. The Labute approximate surface area is 90.5 Å². The van der Waals surface area contributed by atoms with Gasteiger partial charge in [-0.2, -0.15) is 0 Å². The van der Waals surface area contributed by atoms with Gasteiger partial charge in [-0.05, 0) is 49.4 Å². The molecule has 0 atom stereocenters. The molecule has 1 nitrogen and oxygen atoms in total. The summed E-state index contributed by atoms with van der Waals surface area (Å²) < 4.78 is 0. The molecule has 0 radical (unpaired) electrons. The zero-order chi connectivity index (χ0) is 9.97. The number of hydrogen-bond donors (Lipinski definition) is 1. The number of hydrogen-bond acceptors (Lipinski definition) is 1. The van der Waals surface area contributed by atoms with Gasteiger partial charge in [0.15, 0.2) is 0 Å². The average Bonchev–Trinajstić information content (AvgIpc) is 2.92. The van der Waals surface area contributed by atoms with Gasteiger partial charge in [0.05, 0.1) is 0 Å². The number of rotatable bonds is 4. The fraction of sp³-hybridized carbons (Fsp3) is 0.500. The van der Waals surface area contributed by atoms with Crippen molar-refractivity contribution in [2.24, 2.45) is 5.92 Å². The monoisotopic (exact) mass is 209 g/mol. The molecule has 1 aliphatic carbocycles. The third-order valence-electron chi connectivity index (χ3n) is 2.65. The lowest BCUT2D eigenvalue weighted by Gasteiger charge is -2.06. The maximum atomic E-state index is 6.12. The lowest BCUT2D eigenvalue weighted by Crippen LogP contribution is -2.16. The van der Waals surface area contributed by atoms with Crippen LogP contribution < -0.4 is 5.32 Å². The highest BCUT2D eigenvalue weighted by molar-refractivity contribution is 6.31. The maximum Gasteiger partial charge on any atom is 0.0453 e. The summed E-state index contributed by atoms with van der Waals surface area (Å²) in [4.78, 5) is 0. The Balaban J connectivity index is 1.87. The summed E-state index contributed by atoms with van der Waals surface area (Å²) in [6.07, 6.45) is 2.79. The molecule has 0 heterocycles. The first-order chi connectivity index (χ1) is 6.75. The molecule has 76 valence electrons. The highest BCUT2D eigenvalue weighted by atomic mass is 35.5. The minimum atomic E-state index is 0.883. The second kappa shape index (κ2) is 4.33. The summed E-state index contributed by atoms with van der Waals surface area (Å²) in [7, 11) is 0. The predicted octanol–water partition coefficient (Wildman–Crippen LogP) is 3.15. The van der Waals surface area contributed by atoms with Gasteiger partial charge >= 0.3 is 0 Å². The van der Waals surface area contributed by atoms with Gasteiger partial charge in [-0.15, -0.1) is 0 Å². The van der Waals surface area contributed by atoms with E-state index in [9.17, 15) is 0 Å². The Morgan fingerprint density at radius 2 is 2.21 bits per heavy atom. The Morgan fingerprint density at radius 1 is 1.43 bits per heavy atom. The molecule has 0 aromatic heterocycles. The van der Waals surface area contributed by atoms with Crippen LogP contribution in [0, 0.1) is 12.8 Å². The molecular weight excluding hydrogens is 194 g/mol. The van der Waals surface area contributed by atoms with Gasteiger partial charge in [-0.1, -0.05) is 23.7 Å². The molecule has 1 aromatic carbocycles. The van der Waals surface area contributed by atoms with Crippen LogP contribution in [-0.2, 0) is 6.54 Å². The molecular formula is C12H16ClN. The number of halogens is 1. The SMILES string of the molecule is Cc1ccc(CNCC2CC2)c(Cl)c1. The minimum Gasteiger partial charge on any atom is -0.312 e. The quantitative estimate of drug-likeness (QED) is 0.804. The van der Waals surface area contributed by atoms with Crippen molar-refractivity contribution in [2.75, 3.05) is 6.54 Å². The van der Waals surface area contributed by atoms with E-state index in [1.54, 1.807) is 0 Å². The zero-order valence-corrected chi connectivity index (χ0v) is 9.27. The van der Waals surface area contributed by atoms with Crippen LogP contribution in [0.3, 0.4) is 0 Å². The van der Waals surface area contributed by atoms with Crippen molar-refractivity contribution >= 4 is 11.6 Å². The van der Waals surface area contributed by atoms with Crippen molar-refractivity contribution in [1.82, 2.24) is 5.32 Å². The molecule has 0 bridgehead atoms. The van der Waals surface area contributed by atoms with Crippen LogP contribution in [-0.4, -0.2) is 6.54 Å². The van der Waals surface area contributed by atoms with Crippen LogP contribution in [0.15, 0.2) is 18.2 Å². The van der Waals surface area contributed by atoms with E-state index in [0.29, 0.717) is 0 Å². The van der Waals surface area contributed by atoms with Gasteiger partial charge in [-0.3, -0.25) is 0 Å². The molecule has 0 aliphatic heterocycles. The minimum absolute atomic E-state index is 0.883. The van der Waals surface area contributed by atoms with Gasteiger partial charge in [0.2, 0.25) is 0 Å². The van der Waals surface area contributed by atoms with Gasteiger partial charge < -0.3 is 5.32 Å². The smallest absolute Gasteiger partial charge is 0.0453 e. The first-order valence-electron chi connectivity index (χ1n) is 5.21. The van der Waals surface area contributed by atoms with Crippen molar-refractivity contribution in [2.45, 2.75) is 26.3 Å². The Bertz CT molecular complexity index is 318. The van der Waals surface area contributed by atoms with Crippen LogP contribution in [0.5, 0.6) is 0 Å². The maximum absolute atomic E-state index is 6.12. The molecule has 1 aliphatic rings. The molecule has 0 unspecified atom stereocenters. The average molecular weight is 210 g/mol. The highest BCUT2D eigenvalue weighted by Crippen LogP contribution is 2.27. The van der Waals surface area contributed by atoms with E-state index in [2.05, 4.69) is 24.4 Å². The third-order valence-corrected chi connectivity index (χ3v) is 3.01. The first-order valence-corrected chi connectivity index (χ1v) is 5.59. The van der Waals surface area contributed by atoms with Crippen molar-refractivity contribution in [3.8, 4) is 0 Å². The number of aryl methyl sites for hydroxylation is 1. The first kappa shape index (κ1) is 10.0. The van der Waals surface area contributed by atoms with Gasteiger partial charge in [0.1, 0.15) is 0 Å². The standard InChI is InChI=1S/C12H16ClN/c1-9-2-5-11(12(13)6-9)8-14-7-10-3-4-10/h2,5-6,10,14H,3-4,7-8H2,1H3. The van der Waals surface area contributed by atoms with Crippen molar-refractivity contribution in [3.63, 3.8) is 0 Å². The van der Waals surface area contributed by atoms with Crippen molar-refractivity contribution in [3.05, 3.63) is 34.3 Å². The van der Waals surface area contributed by atoms with Crippen LogP contribution in [0.2, 0.25) is 5.02 Å². The van der Waals surface area contributed by atoms with E-state index in [1.807, 2.05) is 6.07 Å². The lowest BCUT2D eigenvalue weighted by atomic mass is 10.1. The van der Waals surface area contributed by atoms with Crippen LogP contribution in [0.1, 0.15) is 24.0 Å². The largest absolute Gasteiger partial charge is 0.312 e. The molecule has 2 heteroatoms. The second-order valence-corrected chi connectivity index (χ2v) is 4.58. The fourth-order valence-corrected chi connectivity index (χ4v) is 1.83. The third kappa shape index (κ3) is 2.73. The normalized spacial score (nSPS) is 15.9. The van der Waals surface area contributed by atoms with Crippen LogP contribution >= 0.6 is 11.6 Å². The van der Waals surface area contributed by atoms with E-state index in [1.165, 1.54) is 24.0 Å². The highest BCUT2D eigenvalue weighted by Gasteiger charge is 2.20. The Hall–Kier alpha value is -0.530. The van der Waals surface area contributed by atoms with Gasteiger partial charge in [0, 0.05) is 11.6 Å². The summed E-state index contributed by atoms with van der Waals surface area (Å²) in [5, 5.41) is 4.32. The molecule has 1 saturated carbocycles. The molecule has 0 saturated heterocycles. The summed E-state index contributed by atoms with van der Waals surface area (Å²) in [5.41, 5.74) is 2.43. The van der Waals surface area contributed by atoms with Crippen molar-refractivity contribution in [1.29, 1.82) is 0 Å². The van der Waals surface area contributed by atoms with Gasteiger partial charge in [-0.25, -0.2) is 0 Å². The van der Waals surface area contributed by atoms with E-state index in [0.717, 1.165) is 24.0 Å². The molecule has 1 N–H and O–H groups in total. The zero-order valence-electron chi connectivity index (χ0n) is 8.52. The van der Waals surface area contributed by atoms with Crippen LogP contribution in [0.25, 0.3) is 0 Å². The molecule has 0 spiro atoms. The Morgan fingerprint density at radius 3 is 2.86 bits per heavy atom. The van der Waals surface area contributed by atoms with Crippen LogP contribution in [0.4, 0.5) is 0 Å². The van der Waals surface area contributed by atoms with Crippen molar-refractivity contribution < 1.29 is 0 Å². The van der Waals surface area contributed by atoms with Gasteiger partial charge in [0.25, 0.3) is 0 Å². The summed E-state index contributed by atoms with van der Waals surface area (Å²) >= 11 is 6.12. The molecule has 0 amide bonds. The molecule has 14 heavy (non-hydrogen) atoms.